The molecule has 5 rings (SSSR count). The zero-order chi connectivity index (χ0) is 18.7. The summed E-state index contributed by atoms with van der Waals surface area (Å²) >= 11 is 0. The van der Waals surface area contributed by atoms with Crippen LogP contribution >= 0.6 is 0 Å². The first kappa shape index (κ1) is 15.9. The number of nitrogens with one attached hydrogen (secondary N) is 1. The largest absolute Gasteiger partial charge is 0.477 e. The number of carbonyl (C=O) groups is 1. The van der Waals surface area contributed by atoms with Crippen molar-refractivity contribution in [2.24, 2.45) is 0 Å². The van der Waals surface area contributed by atoms with Gasteiger partial charge in [0.2, 0.25) is 5.43 Å². The van der Waals surface area contributed by atoms with Gasteiger partial charge in [0.25, 0.3) is 0 Å². The first-order chi connectivity index (χ1) is 13.0. The van der Waals surface area contributed by atoms with Crippen LogP contribution in [0.25, 0.3) is 10.9 Å². The fraction of sp³-hybridized carbons (Fsp3) is 0.200. The Morgan fingerprint density at radius 3 is 2.81 bits per heavy atom. The standard InChI is InChI=1S/C20H15FN2O4/c21-16-17-12(18(24)13(20(25)26)9-23(17)11-5-6-11)7-10-8-22-14-3-1-2-4-15(14)27-19(10)16/h1-4,7,9,11,22H,5-6,8H2,(H,25,26). The van der Waals surface area contributed by atoms with Crippen molar-refractivity contribution < 1.29 is 19.0 Å². The quantitative estimate of drug-likeness (QED) is 0.719. The van der Waals surface area contributed by atoms with Gasteiger partial charge in [0.05, 0.1) is 16.6 Å². The zero-order valence-electron chi connectivity index (χ0n) is 14.2. The molecular weight excluding hydrogens is 351 g/mol. The first-order valence-corrected chi connectivity index (χ1v) is 8.69. The number of para-hydroxylation sites is 2. The summed E-state index contributed by atoms with van der Waals surface area (Å²) in [6.07, 6.45) is 2.89. The highest BCUT2D eigenvalue weighted by Gasteiger charge is 2.30. The van der Waals surface area contributed by atoms with Crippen LogP contribution < -0.4 is 15.5 Å². The van der Waals surface area contributed by atoms with E-state index in [0.29, 0.717) is 11.3 Å². The lowest BCUT2D eigenvalue weighted by Crippen LogP contribution is -2.20. The summed E-state index contributed by atoms with van der Waals surface area (Å²) in [6.45, 7) is 0.263. The summed E-state index contributed by atoms with van der Waals surface area (Å²) in [4.78, 5) is 24.2. The van der Waals surface area contributed by atoms with Gasteiger partial charge in [-0.3, -0.25) is 4.79 Å². The molecule has 0 saturated heterocycles. The molecule has 0 spiro atoms. The molecule has 2 aliphatic rings. The van der Waals surface area contributed by atoms with E-state index in [1.54, 1.807) is 22.8 Å². The number of carboxylic acid groups (broad SMARTS) is 1. The van der Waals surface area contributed by atoms with Crippen LogP contribution in [0.4, 0.5) is 10.1 Å². The van der Waals surface area contributed by atoms with E-state index in [1.165, 1.54) is 6.20 Å². The molecule has 0 amide bonds. The number of benzene rings is 2. The molecule has 0 bridgehead atoms. The lowest BCUT2D eigenvalue weighted by molar-refractivity contribution is 0.0695. The molecule has 1 aromatic heterocycles. The molecule has 2 N–H and O–H groups in total. The van der Waals surface area contributed by atoms with Crippen molar-refractivity contribution in [3.05, 3.63) is 63.7 Å². The van der Waals surface area contributed by atoms with Crippen LogP contribution in [-0.2, 0) is 6.54 Å². The fourth-order valence-corrected chi connectivity index (χ4v) is 3.54. The van der Waals surface area contributed by atoms with Gasteiger partial charge in [0.15, 0.2) is 17.3 Å². The summed E-state index contributed by atoms with van der Waals surface area (Å²) in [6, 6.07) is 8.74. The monoisotopic (exact) mass is 366 g/mol. The number of aromatic nitrogens is 1. The second-order valence-corrected chi connectivity index (χ2v) is 6.84. The Labute approximate surface area is 152 Å². The van der Waals surface area contributed by atoms with E-state index >= 15 is 4.39 Å². The maximum absolute atomic E-state index is 15.5. The molecule has 2 aromatic carbocycles. The molecule has 0 unspecified atom stereocenters. The Kier molecular flexibility index (Phi) is 3.28. The van der Waals surface area contributed by atoms with Gasteiger partial charge in [-0.2, -0.15) is 0 Å². The van der Waals surface area contributed by atoms with Crippen molar-refractivity contribution in [3.63, 3.8) is 0 Å². The van der Waals surface area contributed by atoms with Gasteiger partial charge in [0, 0.05) is 24.3 Å². The molecule has 2 heterocycles. The maximum atomic E-state index is 15.5. The van der Waals surface area contributed by atoms with Gasteiger partial charge in [-0.1, -0.05) is 12.1 Å². The van der Waals surface area contributed by atoms with Gasteiger partial charge in [-0.15, -0.1) is 0 Å². The third-order valence-electron chi connectivity index (χ3n) is 5.03. The number of rotatable bonds is 2. The van der Waals surface area contributed by atoms with E-state index in [2.05, 4.69) is 5.32 Å². The SMILES string of the molecule is O=C(O)c1cn(C2CC2)c2c(F)c3c(cc2c1=O)CNc1ccccc1O3. The van der Waals surface area contributed by atoms with Crippen molar-refractivity contribution in [3.8, 4) is 11.5 Å². The van der Waals surface area contributed by atoms with Crippen molar-refractivity contribution in [2.45, 2.75) is 25.4 Å². The number of ether oxygens (including phenoxy) is 1. The molecule has 1 aliphatic carbocycles. The van der Waals surface area contributed by atoms with Gasteiger partial charge in [-0.05, 0) is 31.0 Å². The molecular formula is C20H15FN2O4. The third kappa shape index (κ3) is 2.38. The number of fused-ring (bicyclic) bond motifs is 3. The predicted molar refractivity (Wildman–Crippen MR) is 97.2 cm³/mol. The highest BCUT2D eigenvalue weighted by Crippen LogP contribution is 2.42. The van der Waals surface area contributed by atoms with E-state index in [-0.39, 0.29) is 34.8 Å². The Bertz CT molecular complexity index is 1180. The molecule has 27 heavy (non-hydrogen) atoms. The van der Waals surface area contributed by atoms with Gasteiger partial charge in [-0.25, -0.2) is 9.18 Å². The van der Waals surface area contributed by atoms with E-state index in [0.717, 1.165) is 18.5 Å². The number of carboxylic acids is 1. The number of hydrogen-bond donors (Lipinski definition) is 2. The van der Waals surface area contributed by atoms with Crippen LogP contribution in [-0.4, -0.2) is 15.6 Å². The van der Waals surface area contributed by atoms with Gasteiger partial charge in [0.1, 0.15) is 5.56 Å². The molecule has 3 aromatic rings. The van der Waals surface area contributed by atoms with Crippen molar-refractivity contribution in [1.29, 1.82) is 0 Å². The van der Waals surface area contributed by atoms with Crippen molar-refractivity contribution in [2.75, 3.05) is 5.32 Å². The molecule has 136 valence electrons. The summed E-state index contributed by atoms with van der Waals surface area (Å²) in [5.74, 6) is -1.39. The fourth-order valence-electron chi connectivity index (χ4n) is 3.54. The normalized spacial score (nSPS) is 15.3. The molecule has 1 aliphatic heterocycles. The highest BCUT2D eigenvalue weighted by atomic mass is 19.1. The molecule has 0 radical (unpaired) electrons. The minimum atomic E-state index is -1.31. The van der Waals surface area contributed by atoms with E-state index in [1.807, 2.05) is 12.1 Å². The topological polar surface area (TPSA) is 80.6 Å². The van der Waals surface area contributed by atoms with Crippen LogP contribution in [0.15, 0.2) is 41.3 Å². The number of pyridine rings is 1. The summed E-state index contributed by atoms with van der Waals surface area (Å²) in [5.41, 5.74) is 0.266. The molecule has 7 heteroatoms. The van der Waals surface area contributed by atoms with Crippen LogP contribution in [0.3, 0.4) is 0 Å². The lowest BCUT2D eigenvalue weighted by Gasteiger charge is -2.16. The van der Waals surface area contributed by atoms with Gasteiger partial charge >= 0.3 is 5.97 Å². The zero-order valence-corrected chi connectivity index (χ0v) is 14.2. The highest BCUT2D eigenvalue weighted by molar-refractivity contribution is 5.93. The minimum Gasteiger partial charge on any atom is -0.477 e. The first-order valence-electron chi connectivity index (χ1n) is 8.69. The number of nitrogens with zero attached hydrogens (tertiary/aromatic N) is 1. The number of aromatic carboxylic acids is 1. The summed E-state index contributed by atoms with van der Waals surface area (Å²) < 4.78 is 22.9. The minimum absolute atomic E-state index is 0.00469. The second-order valence-electron chi connectivity index (χ2n) is 6.84. The summed E-state index contributed by atoms with van der Waals surface area (Å²) in [5, 5.41) is 12.6. The Hall–Kier alpha value is -3.35. The van der Waals surface area contributed by atoms with E-state index in [9.17, 15) is 14.7 Å². The van der Waals surface area contributed by atoms with Crippen molar-refractivity contribution in [1.82, 2.24) is 4.57 Å². The average Bonchev–Trinajstić information content (AvgIpc) is 3.49. The third-order valence-corrected chi connectivity index (χ3v) is 5.03. The molecule has 1 fully saturated rings. The van der Waals surface area contributed by atoms with Crippen molar-refractivity contribution >= 4 is 22.6 Å². The van der Waals surface area contributed by atoms with E-state index in [4.69, 9.17) is 4.74 Å². The van der Waals surface area contributed by atoms with Crippen LogP contribution in [0.1, 0.15) is 34.8 Å². The number of halogens is 1. The van der Waals surface area contributed by atoms with Crippen LogP contribution in [0.5, 0.6) is 11.5 Å². The molecule has 6 nitrogen and oxygen atoms in total. The average molecular weight is 366 g/mol. The number of anilines is 1. The maximum Gasteiger partial charge on any atom is 0.341 e. The Morgan fingerprint density at radius 1 is 1.30 bits per heavy atom. The molecule has 1 saturated carbocycles. The predicted octanol–water partition coefficient (Wildman–Crippen LogP) is 3.89. The Balaban J connectivity index is 1.83. The summed E-state index contributed by atoms with van der Waals surface area (Å²) in [7, 11) is 0. The van der Waals surface area contributed by atoms with Gasteiger partial charge < -0.3 is 19.7 Å². The van der Waals surface area contributed by atoms with Crippen LogP contribution in [0.2, 0.25) is 0 Å². The number of hydrogen-bond acceptors (Lipinski definition) is 4. The smallest absolute Gasteiger partial charge is 0.341 e. The molecule has 0 atom stereocenters. The van der Waals surface area contributed by atoms with Crippen LogP contribution in [0, 0.1) is 5.82 Å². The van der Waals surface area contributed by atoms with E-state index < -0.39 is 17.2 Å². The lowest BCUT2D eigenvalue weighted by atomic mass is 10.1. The Morgan fingerprint density at radius 2 is 2.07 bits per heavy atom. The second kappa shape index (κ2) is 5.57.